The van der Waals surface area contributed by atoms with Gasteiger partial charge in [0.15, 0.2) is 0 Å². The molecule has 0 aliphatic rings. The van der Waals surface area contributed by atoms with Gasteiger partial charge >= 0.3 is 0 Å². The average molecular weight is 91.1 g/mol. The van der Waals surface area contributed by atoms with Gasteiger partial charge in [0.2, 0.25) is 0 Å². The summed E-state index contributed by atoms with van der Waals surface area (Å²) in [6.07, 6.45) is 0. The Morgan fingerprint density at radius 2 is 2.20 bits per heavy atom. The fourth-order valence-electron chi connectivity index (χ4n) is 0. The second kappa shape index (κ2) is 2.08. The summed E-state index contributed by atoms with van der Waals surface area (Å²) in [4.78, 5) is 9.57. The van der Waals surface area contributed by atoms with Gasteiger partial charge in [0.25, 0.3) is 5.24 Å². The standard InChI is InChI=1S/C2H5NOS/c1-3-2(4)5/h1H3,(H2,3,4,5). The summed E-state index contributed by atoms with van der Waals surface area (Å²) in [5.41, 5.74) is 0. The first-order valence-corrected chi connectivity index (χ1v) is 1.62. The monoisotopic (exact) mass is 91.0 g/mol. The molecule has 2 nitrogen and oxygen atoms in total. The van der Waals surface area contributed by atoms with E-state index in [1.54, 1.807) is 0 Å². The lowest BCUT2D eigenvalue weighted by atomic mass is 11.2. The van der Waals surface area contributed by atoms with E-state index in [0.717, 1.165) is 0 Å². The Bertz CT molecular complexity index is 44.9. The van der Waals surface area contributed by atoms with Crippen molar-refractivity contribution < 1.29 is 4.79 Å². The molecule has 0 unspecified atom stereocenters. The van der Waals surface area contributed by atoms with Gasteiger partial charge in [0.1, 0.15) is 0 Å². The van der Waals surface area contributed by atoms with Crippen molar-refractivity contribution in [3.8, 4) is 0 Å². The number of hydrogen-bond acceptors (Lipinski definition) is 1. The van der Waals surface area contributed by atoms with Gasteiger partial charge in [-0.25, -0.2) is 0 Å². The van der Waals surface area contributed by atoms with Crippen LogP contribution in [-0.2, 0) is 0 Å². The highest BCUT2D eigenvalue weighted by molar-refractivity contribution is 7.96. The summed E-state index contributed by atoms with van der Waals surface area (Å²) in [7, 11) is 1.52. The van der Waals surface area contributed by atoms with Crippen molar-refractivity contribution in [1.82, 2.24) is 5.32 Å². The molecular weight excluding hydrogens is 86.1 g/mol. The second-order valence-electron chi connectivity index (χ2n) is 0.555. The number of carbonyl (C=O) groups excluding carboxylic acids is 1. The predicted molar refractivity (Wildman–Crippen MR) is 23.4 cm³/mol. The number of carbonyl (C=O) groups is 1. The maximum absolute atomic E-state index is 9.57. The normalized spacial score (nSPS) is 6.80. The van der Waals surface area contributed by atoms with E-state index in [1.807, 2.05) is 0 Å². The molecule has 5 heavy (non-hydrogen) atoms. The molecule has 0 saturated heterocycles. The number of nitrogens with one attached hydrogen (secondary N) is 1. The molecular formula is C2H5NOS. The summed E-state index contributed by atoms with van der Waals surface area (Å²) < 4.78 is 0. The van der Waals surface area contributed by atoms with Gasteiger partial charge < -0.3 is 5.32 Å². The van der Waals surface area contributed by atoms with E-state index >= 15 is 0 Å². The van der Waals surface area contributed by atoms with Crippen molar-refractivity contribution in [3.05, 3.63) is 0 Å². The summed E-state index contributed by atoms with van der Waals surface area (Å²) >= 11 is 3.35. The van der Waals surface area contributed by atoms with E-state index in [1.165, 1.54) is 7.05 Å². The first kappa shape index (κ1) is 4.82. The van der Waals surface area contributed by atoms with Gasteiger partial charge in [-0.2, -0.15) is 0 Å². The molecule has 1 N–H and O–H groups in total. The molecule has 0 aromatic carbocycles. The third-order valence-corrected chi connectivity index (χ3v) is 0.437. The largest absolute Gasteiger partial charge is 0.350 e. The van der Waals surface area contributed by atoms with E-state index in [0.29, 0.717) is 0 Å². The molecule has 0 radical (unpaired) electrons. The Labute approximate surface area is 36.0 Å². The van der Waals surface area contributed by atoms with Gasteiger partial charge in [-0.3, -0.25) is 4.79 Å². The molecule has 0 aromatic heterocycles. The zero-order valence-electron chi connectivity index (χ0n) is 2.86. The lowest BCUT2D eigenvalue weighted by Gasteiger charge is -1.78. The topological polar surface area (TPSA) is 29.1 Å². The van der Waals surface area contributed by atoms with Gasteiger partial charge in [-0.15, -0.1) is 0 Å². The van der Waals surface area contributed by atoms with Crippen molar-refractivity contribution in [2.45, 2.75) is 0 Å². The molecule has 1 amide bonds. The van der Waals surface area contributed by atoms with Gasteiger partial charge in [0, 0.05) is 7.05 Å². The minimum atomic E-state index is -0.301. The Kier molecular flexibility index (Phi) is 2.01. The first-order valence-electron chi connectivity index (χ1n) is 1.18. The minimum Gasteiger partial charge on any atom is -0.350 e. The molecule has 0 fully saturated rings. The van der Waals surface area contributed by atoms with Crippen LogP contribution in [0.4, 0.5) is 4.79 Å². The van der Waals surface area contributed by atoms with Gasteiger partial charge in [-0.05, 0) is 0 Å². The van der Waals surface area contributed by atoms with Crippen molar-refractivity contribution in [2.75, 3.05) is 7.05 Å². The number of rotatable bonds is 0. The quantitative estimate of drug-likeness (QED) is 0.411. The SMILES string of the molecule is CNC(=O)S. The minimum absolute atomic E-state index is 0.301. The zero-order valence-corrected chi connectivity index (χ0v) is 3.75. The molecule has 0 heterocycles. The highest BCUT2D eigenvalue weighted by Gasteiger charge is 1.74. The molecule has 0 aliphatic carbocycles. The van der Waals surface area contributed by atoms with E-state index in [9.17, 15) is 4.79 Å². The van der Waals surface area contributed by atoms with Crippen LogP contribution in [0.15, 0.2) is 0 Å². The smallest absolute Gasteiger partial charge is 0.275 e. The Hall–Kier alpha value is -0.180. The fourth-order valence-corrected chi connectivity index (χ4v) is 0. The summed E-state index contributed by atoms with van der Waals surface area (Å²) in [5, 5.41) is 1.95. The van der Waals surface area contributed by atoms with Gasteiger partial charge in [0.05, 0.1) is 0 Å². The predicted octanol–water partition coefficient (Wildman–Crippen LogP) is 0.256. The molecule has 30 valence electrons. The molecule has 0 aromatic rings. The summed E-state index contributed by atoms with van der Waals surface area (Å²) in [6.45, 7) is 0. The zero-order chi connectivity index (χ0) is 4.28. The molecule has 3 heteroatoms. The van der Waals surface area contributed by atoms with Crippen LogP contribution in [0.2, 0.25) is 0 Å². The second-order valence-corrected chi connectivity index (χ2v) is 0.961. The van der Waals surface area contributed by atoms with E-state index < -0.39 is 0 Å². The van der Waals surface area contributed by atoms with Crippen LogP contribution in [0.25, 0.3) is 0 Å². The maximum atomic E-state index is 9.57. The van der Waals surface area contributed by atoms with Crippen LogP contribution in [-0.4, -0.2) is 12.3 Å². The molecule has 0 atom stereocenters. The third kappa shape index (κ3) is 3.82. The molecule has 0 rings (SSSR count). The number of hydrogen-bond donors (Lipinski definition) is 2. The Morgan fingerprint density at radius 1 is 2.00 bits per heavy atom. The molecule has 0 aliphatic heterocycles. The van der Waals surface area contributed by atoms with E-state index in [4.69, 9.17) is 0 Å². The number of amides is 1. The fraction of sp³-hybridized carbons (Fsp3) is 0.500. The molecule has 0 bridgehead atoms. The Morgan fingerprint density at radius 3 is 2.20 bits per heavy atom. The van der Waals surface area contributed by atoms with Gasteiger partial charge in [-0.1, -0.05) is 12.6 Å². The van der Waals surface area contributed by atoms with Crippen LogP contribution in [0, 0.1) is 0 Å². The van der Waals surface area contributed by atoms with Crippen molar-refractivity contribution in [1.29, 1.82) is 0 Å². The Balaban J connectivity index is 2.85. The first-order chi connectivity index (χ1) is 2.27. The van der Waals surface area contributed by atoms with Crippen LogP contribution >= 0.6 is 12.6 Å². The van der Waals surface area contributed by atoms with Crippen molar-refractivity contribution in [2.24, 2.45) is 0 Å². The third-order valence-electron chi connectivity index (χ3n) is 0.214. The summed E-state index contributed by atoms with van der Waals surface area (Å²) in [6, 6.07) is 0. The highest BCUT2D eigenvalue weighted by atomic mass is 32.1. The van der Waals surface area contributed by atoms with Crippen LogP contribution in [0.1, 0.15) is 0 Å². The van der Waals surface area contributed by atoms with Crippen molar-refractivity contribution in [3.63, 3.8) is 0 Å². The molecule has 0 saturated carbocycles. The average Bonchev–Trinajstić information content (AvgIpc) is 1.38. The van der Waals surface area contributed by atoms with Crippen LogP contribution < -0.4 is 5.32 Å². The van der Waals surface area contributed by atoms with E-state index in [2.05, 4.69) is 17.9 Å². The maximum Gasteiger partial charge on any atom is 0.275 e. The van der Waals surface area contributed by atoms with Crippen LogP contribution in [0.3, 0.4) is 0 Å². The molecule has 0 spiro atoms. The highest BCUT2D eigenvalue weighted by Crippen LogP contribution is 1.67. The van der Waals surface area contributed by atoms with Crippen molar-refractivity contribution >= 4 is 17.9 Å². The van der Waals surface area contributed by atoms with E-state index in [-0.39, 0.29) is 5.24 Å². The lowest BCUT2D eigenvalue weighted by molar-refractivity contribution is 0.262. The number of thiol groups is 1. The lowest BCUT2D eigenvalue weighted by Crippen LogP contribution is -2.06. The summed E-state index contributed by atoms with van der Waals surface area (Å²) in [5.74, 6) is 0. The van der Waals surface area contributed by atoms with Crippen LogP contribution in [0.5, 0.6) is 0 Å².